The van der Waals surface area contributed by atoms with Crippen molar-refractivity contribution >= 4 is 0 Å². The van der Waals surface area contributed by atoms with E-state index in [4.69, 9.17) is 0 Å². The first-order valence-electron chi connectivity index (χ1n) is 7.11. The third kappa shape index (κ3) is 2.13. The Kier molecular flexibility index (Phi) is 3.19. The van der Waals surface area contributed by atoms with E-state index in [1.54, 1.807) is 0 Å². The lowest BCUT2D eigenvalue weighted by Crippen LogP contribution is -2.29. The zero-order valence-corrected chi connectivity index (χ0v) is 10.7. The number of aromatic nitrogens is 2. The van der Waals surface area contributed by atoms with Gasteiger partial charge in [0.05, 0.1) is 12.0 Å². The summed E-state index contributed by atoms with van der Waals surface area (Å²) in [6.45, 7) is 3.55. The number of nitrogens with zero attached hydrogens (tertiary/aromatic N) is 2. The molecule has 2 fully saturated rings. The number of piperidine rings is 1. The zero-order chi connectivity index (χ0) is 11.7. The van der Waals surface area contributed by atoms with E-state index in [-0.39, 0.29) is 0 Å². The predicted octanol–water partition coefficient (Wildman–Crippen LogP) is 3.06. The van der Waals surface area contributed by atoms with Crippen molar-refractivity contribution in [2.24, 2.45) is 5.92 Å². The van der Waals surface area contributed by atoms with E-state index in [9.17, 15) is 0 Å². The lowest BCUT2D eigenvalue weighted by molar-refractivity contribution is 0.351. The van der Waals surface area contributed by atoms with Crippen LogP contribution in [0.15, 0.2) is 12.5 Å². The molecule has 0 aromatic carbocycles. The summed E-state index contributed by atoms with van der Waals surface area (Å²) in [7, 11) is 0. The van der Waals surface area contributed by atoms with Gasteiger partial charge in [0.1, 0.15) is 0 Å². The molecule has 1 N–H and O–H groups in total. The molecule has 3 nitrogen and oxygen atoms in total. The van der Waals surface area contributed by atoms with Crippen LogP contribution in [-0.4, -0.2) is 16.1 Å². The van der Waals surface area contributed by atoms with Crippen LogP contribution in [0.5, 0.6) is 0 Å². The number of rotatable bonds is 2. The van der Waals surface area contributed by atoms with Gasteiger partial charge in [0.25, 0.3) is 0 Å². The van der Waals surface area contributed by atoms with Crippen molar-refractivity contribution in [1.29, 1.82) is 0 Å². The third-order valence-electron chi connectivity index (χ3n) is 4.54. The van der Waals surface area contributed by atoms with Crippen LogP contribution in [0.3, 0.4) is 0 Å². The minimum atomic E-state index is 0.541. The number of imidazole rings is 1. The van der Waals surface area contributed by atoms with Crippen LogP contribution < -0.4 is 5.32 Å². The number of hydrogen-bond acceptors (Lipinski definition) is 2. The molecule has 0 radical (unpaired) electrons. The summed E-state index contributed by atoms with van der Waals surface area (Å²) < 4.78 is 2.46. The molecule has 0 bridgehead atoms. The monoisotopic (exact) mass is 233 g/mol. The lowest BCUT2D eigenvalue weighted by atomic mass is 10.0. The first-order valence-corrected chi connectivity index (χ1v) is 7.11. The highest BCUT2D eigenvalue weighted by atomic mass is 15.1. The molecule has 1 aliphatic carbocycles. The van der Waals surface area contributed by atoms with Crippen LogP contribution >= 0.6 is 0 Å². The minimum absolute atomic E-state index is 0.541. The van der Waals surface area contributed by atoms with Crippen molar-refractivity contribution in [3.05, 3.63) is 18.2 Å². The van der Waals surface area contributed by atoms with Crippen LogP contribution in [-0.2, 0) is 0 Å². The maximum Gasteiger partial charge on any atom is 0.0951 e. The van der Waals surface area contributed by atoms with Crippen molar-refractivity contribution in [3.8, 4) is 0 Å². The Bertz CT molecular complexity index is 365. The van der Waals surface area contributed by atoms with Gasteiger partial charge in [0, 0.05) is 18.3 Å². The molecular weight excluding hydrogens is 210 g/mol. The van der Waals surface area contributed by atoms with E-state index in [1.807, 2.05) is 0 Å². The molecule has 2 aliphatic rings. The molecule has 1 aromatic rings. The van der Waals surface area contributed by atoms with Gasteiger partial charge >= 0.3 is 0 Å². The van der Waals surface area contributed by atoms with Gasteiger partial charge in [-0.3, -0.25) is 0 Å². The van der Waals surface area contributed by atoms with Crippen molar-refractivity contribution in [2.45, 2.75) is 57.5 Å². The van der Waals surface area contributed by atoms with Gasteiger partial charge < -0.3 is 9.88 Å². The zero-order valence-electron chi connectivity index (χ0n) is 10.7. The molecule has 2 heterocycles. The van der Waals surface area contributed by atoms with Gasteiger partial charge in [0.15, 0.2) is 0 Å². The molecule has 3 rings (SSSR count). The smallest absolute Gasteiger partial charge is 0.0951 e. The molecular formula is C14H23N3. The Morgan fingerprint density at radius 3 is 2.88 bits per heavy atom. The first-order chi connectivity index (χ1) is 8.36. The Morgan fingerprint density at radius 2 is 2.18 bits per heavy atom. The quantitative estimate of drug-likeness (QED) is 0.851. The summed E-state index contributed by atoms with van der Waals surface area (Å²) >= 11 is 0. The normalized spacial score (nSPS) is 34.1. The molecule has 17 heavy (non-hydrogen) atoms. The standard InChI is InChI=1S/C14H23N3/c1-11-5-4-7-13(11)17-10-15-9-14(17)12-6-2-3-8-16-12/h9-13,16H,2-8H2,1H3. The van der Waals surface area contributed by atoms with Crippen LogP contribution in [0, 0.1) is 5.92 Å². The van der Waals surface area contributed by atoms with Gasteiger partial charge in [0.2, 0.25) is 0 Å². The summed E-state index contributed by atoms with van der Waals surface area (Å²) in [6, 6.07) is 1.23. The molecule has 0 spiro atoms. The van der Waals surface area contributed by atoms with Crippen molar-refractivity contribution in [2.75, 3.05) is 6.54 Å². The van der Waals surface area contributed by atoms with Gasteiger partial charge in [-0.05, 0) is 38.1 Å². The molecule has 3 heteroatoms. The highest BCUT2D eigenvalue weighted by Crippen LogP contribution is 2.37. The summed E-state index contributed by atoms with van der Waals surface area (Å²) in [5.41, 5.74) is 1.42. The predicted molar refractivity (Wildman–Crippen MR) is 68.9 cm³/mol. The summed E-state index contributed by atoms with van der Waals surface area (Å²) in [6.07, 6.45) is 12.2. The van der Waals surface area contributed by atoms with Crippen LogP contribution in [0.4, 0.5) is 0 Å². The molecule has 3 atom stereocenters. The van der Waals surface area contributed by atoms with Crippen LogP contribution in [0.25, 0.3) is 0 Å². The Morgan fingerprint density at radius 1 is 1.24 bits per heavy atom. The van der Waals surface area contributed by atoms with Crippen LogP contribution in [0.1, 0.15) is 63.2 Å². The maximum atomic E-state index is 4.40. The fraction of sp³-hybridized carbons (Fsp3) is 0.786. The largest absolute Gasteiger partial charge is 0.330 e. The first kappa shape index (κ1) is 11.3. The minimum Gasteiger partial charge on any atom is -0.330 e. The average molecular weight is 233 g/mol. The van der Waals surface area contributed by atoms with Gasteiger partial charge in [-0.1, -0.05) is 19.8 Å². The lowest BCUT2D eigenvalue weighted by Gasteiger charge is -2.27. The number of nitrogens with one attached hydrogen (secondary N) is 1. The molecule has 1 aliphatic heterocycles. The summed E-state index contributed by atoms with van der Waals surface area (Å²) in [4.78, 5) is 4.40. The van der Waals surface area contributed by atoms with E-state index < -0.39 is 0 Å². The molecule has 3 unspecified atom stereocenters. The van der Waals surface area contributed by atoms with E-state index in [0.717, 1.165) is 12.5 Å². The summed E-state index contributed by atoms with van der Waals surface area (Å²) in [5.74, 6) is 0.812. The Balaban J connectivity index is 1.82. The maximum absolute atomic E-state index is 4.40. The van der Waals surface area contributed by atoms with Crippen molar-refractivity contribution < 1.29 is 0 Å². The number of hydrogen-bond donors (Lipinski definition) is 1. The molecule has 1 aromatic heterocycles. The second-order valence-corrected chi connectivity index (χ2v) is 5.70. The van der Waals surface area contributed by atoms with Gasteiger partial charge in [-0.2, -0.15) is 0 Å². The van der Waals surface area contributed by atoms with E-state index in [1.165, 1.54) is 44.2 Å². The van der Waals surface area contributed by atoms with Gasteiger partial charge in [-0.15, -0.1) is 0 Å². The SMILES string of the molecule is CC1CCCC1n1cncc1C1CCCCN1. The Labute approximate surface area is 104 Å². The molecule has 0 amide bonds. The van der Waals surface area contributed by atoms with Gasteiger partial charge in [-0.25, -0.2) is 4.98 Å². The average Bonchev–Trinajstić information content (AvgIpc) is 2.98. The van der Waals surface area contributed by atoms with Crippen molar-refractivity contribution in [1.82, 2.24) is 14.9 Å². The molecule has 1 saturated heterocycles. The van der Waals surface area contributed by atoms with Crippen molar-refractivity contribution in [3.63, 3.8) is 0 Å². The second-order valence-electron chi connectivity index (χ2n) is 5.70. The van der Waals surface area contributed by atoms with E-state index in [0.29, 0.717) is 12.1 Å². The molecule has 1 saturated carbocycles. The topological polar surface area (TPSA) is 29.9 Å². The van der Waals surface area contributed by atoms with Crippen LogP contribution in [0.2, 0.25) is 0 Å². The molecule has 94 valence electrons. The second kappa shape index (κ2) is 4.81. The fourth-order valence-corrected chi connectivity index (χ4v) is 3.51. The third-order valence-corrected chi connectivity index (χ3v) is 4.54. The highest BCUT2D eigenvalue weighted by Gasteiger charge is 2.28. The Hall–Kier alpha value is -0.830. The summed E-state index contributed by atoms with van der Waals surface area (Å²) in [5, 5.41) is 3.64. The van der Waals surface area contributed by atoms with E-state index >= 15 is 0 Å². The van der Waals surface area contributed by atoms with E-state index in [2.05, 4.69) is 34.3 Å². The highest BCUT2D eigenvalue weighted by molar-refractivity contribution is 5.08. The fourth-order valence-electron chi connectivity index (χ4n) is 3.51.